The Labute approximate surface area is 90.6 Å². The number of benzene rings is 1. The van der Waals surface area contributed by atoms with Crippen molar-refractivity contribution < 1.29 is 9.53 Å². The van der Waals surface area contributed by atoms with Crippen LogP contribution in [0.2, 0.25) is 0 Å². The molecule has 0 spiro atoms. The van der Waals surface area contributed by atoms with Crippen LogP contribution in [0.5, 0.6) is 0 Å². The second-order valence-electron chi connectivity index (χ2n) is 4.20. The lowest BCUT2D eigenvalue weighted by Gasteiger charge is -2.17. The van der Waals surface area contributed by atoms with Gasteiger partial charge in [-0.3, -0.25) is 0 Å². The Balaban J connectivity index is 2.56. The monoisotopic (exact) mass is 203 g/mol. The normalized spacial score (nSPS) is 11.7. The van der Waals surface area contributed by atoms with Gasteiger partial charge in [-0.05, 0) is 38.5 Å². The summed E-state index contributed by atoms with van der Waals surface area (Å²) in [4.78, 5) is 11.3. The zero-order valence-corrected chi connectivity index (χ0v) is 9.28. The number of carbonyl (C=O) groups excluding carboxylic acids is 1. The van der Waals surface area contributed by atoms with E-state index in [1.807, 2.05) is 32.9 Å². The largest absolute Gasteiger partial charge is 0.457 e. The molecule has 0 aromatic heterocycles. The highest BCUT2D eigenvalue weighted by molar-refractivity contribution is 5.87. The summed E-state index contributed by atoms with van der Waals surface area (Å²) in [6, 6.07) is 10.3. The van der Waals surface area contributed by atoms with Crippen molar-refractivity contribution in [1.29, 1.82) is 0 Å². The van der Waals surface area contributed by atoms with Gasteiger partial charge in [-0.2, -0.15) is 0 Å². The number of hydrogen-bond acceptors (Lipinski definition) is 2. The molecule has 0 unspecified atom stereocenters. The summed E-state index contributed by atoms with van der Waals surface area (Å²) in [5.41, 5.74) is 0.519. The van der Waals surface area contributed by atoms with Crippen molar-refractivity contribution in [2.24, 2.45) is 0 Å². The standard InChI is InChI=1S/C13H15O2/c1-13(2,3)15-12(14)10-9-11-7-5-4-6-8-11/h5-10H,1-3H3/b10-9+. The molecule has 15 heavy (non-hydrogen) atoms. The molecule has 0 aliphatic heterocycles. The number of carbonyl (C=O) groups is 1. The van der Waals surface area contributed by atoms with Gasteiger partial charge in [-0.25, -0.2) is 4.79 Å². The van der Waals surface area contributed by atoms with E-state index in [-0.39, 0.29) is 5.97 Å². The first-order chi connectivity index (χ1) is 6.97. The first-order valence-corrected chi connectivity index (χ1v) is 4.84. The molecule has 0 fully saturated rings. The number of ether oxygens (including phenoxy) is 1. The maximum absolute atomic E-state index is 11.3. The van der Waals surface area contributed by atoms with Crippen molar-refractivity contribution in [1.82, 2.24) is 0 Å². The summed E-state index contributed by atoms with van der Waals surface area (Å²) in [6.45, 7) is 5.53. The smallest absolute Gasteiger partial charge is 0.331 e. The van der Waals surface area contributed by atoms with E-state index >= 15 is 0 Å². The van der Waals surface area contributed by atoms with Crippen molar-refractivity contribution >= 4 is 12.0 Å². The third-order valence-electron chi connectivity index (χ3n) is 1.56. The lowest BCUT2D eigenvalue weighted by atomic mass is 10.2. The lowest BCUT2D eigenvalue weighted by Crippen LogP contribution is -2.22. The first kappa shape index (κ1) is 11.5. The summed E-state index contributed by atoms with van der Waals surface area (Å²) >= 11 is 0. The average Bonchev–Trinajstić information content (AvgIpc) is 2.14. The van der Waals surface area contributed by atoms with Crippen LogP contribution in [-0.4, -0.2) is 11.6 Å². The Morgan fingerprint density at radius 2 is 1.93 bits per heavy atom. The minimum absolute atomic E-state index is 0.324. The lowest BCUT2D eigenvalue weighted by molar-refractivity contribution is -0.148. The molecule has 2 heteroatoms. The van der Waals surface area contributed by atoms with Gasteiger partial charge in [0.25, 0.3) is 0 Å². The molecule has 2 nitrogen and oxygen atoms in total. The highest BCUT2D eigenvalue weighted by Crippen LogP contribution is 2.08. The molecule has 1 radical (unpaired) electrons. The molecule has 0 heterocycles. The highest BCUT2D eigenvalue weighted by Gasteiger charge is 2.13. The van der Waals surface area contributed by atoms with E-state index in [2.05, 4.69) is 6.07 Å². The van der Waals surface area contributed by atoms with Crippen molar-refractivity contribution in [3.63, 3.8) is 0 Å². The van der Waals surface area contributed by atoms with E-state index in [4.69, 9.17) is 4.74 Å². The summed E-state index contributed by atoms with van der Waals surface area (Å²) in [7, 11) is 0. The predicted octanol–water partition coefficient (Wildman–Crippen LogP) is 2.84. The van der Waals surface area contributed by atoms with E-state index < -0.39 is 5.60 Å². The van der Waals surface area contributed by atoms with Gasteiger partial charge in [0, 0.05) is 6.08 Å². The van der Waals surface area contributed by atoms with Crippen LogP contribution in [0.15, 0.2) is 30.3 Å². The molecule has 0 saturated carbocycles. The minimum atomic E-state index is -0.439. The van der Waals surface area contributed by atoms with Crippen LogP contribution in [0.1, 0.15) is 26.3 Å². The molecule has 0 aliphatic carbocycles. The molecule has 1 rings (SSSR count). The molecular weight excluding hydrogens is 188 g/mol. The van der Waals surface area contributed by atoms with Crippen LogP contribution >= 0.6 is 0 Å². The zero-order valence-electron chi connectivity index (χ0n) is 9.28. The first-order valence-electron chi connectivity index (χ1n) is 4.84. The minimum Gasteiger partial charge on any atom is -0.457 e. The predicted molar refractivity (Wildman–Crippen MR) is 60.2 cm³/mol. The van der Waals surface area contributed by atoms with Crippen molar-refractivity contribution in [2.75, 3.05) is 0 Å². The fourth-order valence-corrected chi connectivity index (χ4v) is 1.01. The highest BCUT2D eigenvalue weighted by atomic mass is 16.6. The summed E-state index contributed by atoms with van der Waals surface area (Å²) in [6.07, 6.45) is 3.16. The third kappa shape index (κ3) is 5.01. The van der Waals surface area contributed by atoms with E-state index in [0.29, 0.717) is 0 Å². The molecule has 1 aromatic rings. The van der Waals surface area contributed by atoms with Crippen LogP contribution in [0.25, 0.3) is 6.08 Å². The molecule has 0 aliphatic rings. The van der Waals surface area contributed by atoms with Gasteiger partial charge in [0.1, 0.15) is 5.60 Å². The zero-order chi connectivity index (χ0) is 11.3. The van der Waals surface area contributed by atoms with Gasteiger partial charge >= 0.3 is 5.97 Å². The molecule has 0 saturated heterocycles. The van der Waals surface area contributed by atoms with E-state index in [9.17, 15) is 4.79 Å². The molecule has 0 amide bonds. The topological polar surface area (TPSA) is 26.3 Å². The third-order valence-corrected chi connectivity index (χ3v) is 1.56. The van der Waals surface area contributed by atoms with Gasteiger partial charge in [0.15, 0.2) is 0 Å². The van der Waals surface area contributed by atoms with Crippen molar-refractivity contribution in [3.05, 3.63) is 42.0 Å². The average molecular weight is 203 g/mol. The fraction of sp³-hybridized carbons (Fsp3) is 0.308. The molecule has 79 valence electrons. The van der Waals surface area contributed by atoms with Crippen LogP contribution in [0.4, 0.5) is 0 Å². The molecular formula is C13H15O2. The van der Waals surface area contributed by atoms with Gasteiger partial charge in [-0.15, -0.1) is 0 Å². The maximum atomic E-state index is 11.3. The van der Waals surface area contributed by atoms with Gasteiger partial charge in [0.05, 0.1) is 0 Å². The number of esters is 1. The van der Waals surface area contributed by atoms with E-state index in [0.717, 1.165) is 5.56 Å². The molecule has 0 bridgehead atoms. The molecule has 0 atom stereocenters. The Hall–Kier alpha value is -1.57. The fourth-order valence-electron chi connectivity index (χ4n) is 1.01. The summed E-state index contributed by atoms with van der Waals surface area (Å²) < 4.78 is 5.13. The molecule has 1 aromatic carbocycles. The second-order valence-corrected chi connectivity index (χ2v) is 4.20. The van der Waals surface area contributed by atoms with Crippen molar-refractivity contribution in [3.8, 4) is 0 Å². The summed E-state index contributed by atoms with van der Waals surface area (Å²) in [5, 5.41) is 0. The van der Waals surface area contributed by atoms with Crippen LogP contribution in [0.3, 0.4) is 0 Å². The van der Waals surface area contributed by atoms with Gasteiger partial charge < -0.3 is 4.74 Å². The maximum Gasteiger partial charge on any atom is 0.331 e. The summed E-state index contributed by atoms with van der Waals surface area (Å²) in [5.74, 6) is -0.324. The Morgan fingerprint density at radius 3 is 2.47 bits per heavy atom. The van der Waals surface area contributed by atoms with E-state index in [1.165, 1.54) is 6.08 Å². The van der Waals surface area contributed by atoms with Gasteiger partial charge in [-0.1, -0.05) is 24.3 Å². The SMILES string of the molecule is CC(C)(C)OC(=O)/C=C/c1cc[c]cc1. The second kappa shape index (κ2) is 4.78. The van der Waals surface area contributed by atoms with Crippen LogP contribution in [0, 0.1) is 6.07 Å². The quantitative estimate of drug-likeness (QED) is 0.545. The number of hydrogen-bond donors (Lipinski definition) is 0. The Kier molecular flexibility index (Phi) is 3.67. The van der Waals surface area contributed by atoms with Gasteiger partial charge in [0.2, 0.25) is 0 Å². The van der Waals surface area contributed by atoms with E-state index in [1.54, 1.807) is 18.2 Å². The van der Waals surface area contributed by atoms with Crippen LogP contribution in [-0.2, 0) is 9.53 Å². The van der Waals surface area contributed by atoms with Crippen LogP contribution < -0.4 is 0 Å². The molecule has 0 N–H and O–H groups in total. The number of rotatable bonds is 2. The van der Waals surface area contributed by atoms with Crippen molar-refractivity contribution in [2.45, 2.75) is 26.4 Å². The Bertz CT molecular complexity index is 345. The Morgan fingerprint density at radius 1 is 1.33 bits per heavy atom.